The third kappa shape index (κ3) is 5.10. The molecular weight excluding hydrogens is 490 g/mol. The number of para-hydroxylation sites is 2. The van der Waals surface area contributed by atoms with Crippen molar-refractivity contribution < 1.29 is 9.53 Å². The van der Waals surface area contributed by atoms with Gasteiger partial charge < -0.3 is 19.9 Å². The van der Waals surface area contributed by atoms with E-state index in [0.29, 0.717) is 50.4 Å². The van der Waals surface area contributed by atoms with Crippen LogP contribution >= 0.6 is 0 Å². The standard InChI is InChI=1S/C31H45N5O3/c1-2-39-30(38)31(32)16-18-34(19-17-31)28-29(37)36(27-13-9-8-12-26(27)33-28)25-20-23-14-15-24(21-25)35(23)22-10-6-4-3-5-7-11-22/h8-9,12-13,22-25H,2-7,10-11,14-21,32H2,1H3/t23-,24+,25+. The van der Waals surface area contributed by atoms with Crippen LogP contribution in [0.1, 0.15) is 96.4 Å². The highest BCUT2D eigenvalue weighted by Crippen LogP contribution is 2.44. The number of piperidine rings is 2. The molecule has 3 atom stereocenters. The van der Waals surface area contributed by atoms with Crippen molar-refractivity contribution in [2.24, 2.45) is 5.73 Å². The molecule has 4 fully saturated rings. The van der Waals surface area contributed by atoms with Crippen molar-refractivity contribution in [2.75, 3.05) is 24.6 Å². The number of ether oxygens (including phenoxy) is 1. The van der Waals surface area contributed by atoms with Gasteiger partial charge in [-0.05, 0) is 70.4 Å². The maximum atomic E-state index is 14.2. The predicted molar refractivity (Wildman–Crippen MR) is 154 cm³/mol. The van der Waals surface area contributed by atoms with E-state index in [2.05, 4.69) is 15.5 Å². The van der Waals surface area contributed by atoms with Gasteiger partial charge in [-0.15, -0.1) is 0 Å². The Balaban J connectivity index is 1.27. The minimum atomic E-state index is -0.995. The Morgan fingerprint density at radius 1 is 0.949 bits per heavy atom. The summed E-state index contributed by atoms with van der Waals surface area (Å²) in [6, 6.07) is 10.1. The fraction of sp³-hybridized carbons (Fsp3) is 0.710. The molecule has 2 bridgehead atoms. The van der Waals surface area contributed by atoms with Gasteiger partial charge in [0.25, 0.3) is 5.56 Å². The summed E-state index contributed by atoms with van der Waals surface area (Å²) >= 11 is 0. The monoisotopic (exact) mass is 535 g/mol. The molecule has 3 aliphatic heterocycles. The minimum absolute atomic E-state index is 0.00170. The number of carbonyl (C=O) groups excluding carboxylic acids is 1. The third-order valence-electron chi connectivity index (χ3n) is 10.0. The van der Waals surface area contributed by atoms with Gasteiger partial charge in [-0.1, -0.05) is 44.2 Å². The Morgan fingerprint density at radius 3 is 2.26 bits per heavy atom. The molecule has 8 heteroatoms. The van der Waals surface area contributed by atoms with E-state index in [1.165, 1.54) is 57.8 Å². The van der Waals surface area contributed by atoms with Crippen LogP contribution in [-0.4, -0.2) is 63.8 Å². The molecule has 212 valence electrons. The quantitative estimate of drug-likeness (QED) is 0.562. The first-order valence-corrected chi connectivity index (χ1v) is 15.5. The van der Waals surface area contributed by atoms with Crippen molar-refractivity contribution in [3.05, 3.63) is 34.6 Å². The number of benzene rings is 1. The van der Waals surface area contributed by atoms with E-state index in [9.17, 15) is 9.59 Å². The molecule has 1 aromatic heterocycles. The highest BCUT2D eigenvalue weighted by Gasteiger charge is 2.45. The Morgan fingerprint density at radius 2 is 1.59 bits per heavy atom. The molecule has 1 aliphatic carbocycles. The van der Waals surface area contributed by atoms with Gasteiger partial charge in [0.05, 0.1) is 17.6 Å². The van der Waals surface area contributed by atoms with Crippen LogP contribution in [0.4, 0.5) is 5.82 Å². The molecule has 3 saturated heterocycles. The van der Waals surface area contributed by atoms with E-state index < -0.39 is 5.54 Å². The summed E-state index contributed by atoms with van der Waals surface area (Å²) in [5.74, 6) is 0.148. The maximum absolute atomic E-state index is 14.2. The lowest BCUT2D eigenvalue weighted by molar-refractivity contribution is -0.150. The molecule has 0 spiro atoms. The molecule has 2 N–H and O–H groups in total. The summed E-state index contributed by atoms with van der Waals surface area (Å²) in [7, 11) is 0. The first-order valence-electron chi connectivity index (χ1n) is 15.5. The average molecular weight is 536 g/mol. The van der Waals surface area contributed by atoms with Gasteiger partial charge in [-0.2, -0.15) is 0 Å². The van der Waals surface area contributed by atoms with Crippen molar-refractivity contribution in [3.8, 4) is 0 Å². The SMILES string of the molecule is CCOC(=O)C1(N)CCN(c2nc3ccccc3n([C@H]3C[C@H]4CC[C@@H](C3)N4C3CCCCCCC3)c2=O)CC1. The first kappa shape index (κ1) is 26.8. The van der Waals surface area contributed by atoms with Crippen molar-refractivity contribution in [3.63, 3.8) is 0 Å². The van der Waals surface area contributed by atoms with Crippen LogP contribution in [-0.2, 0) is 9.53 Å². The number of nitrogens with two attached hydrogens (primary N) is 1. The van der Waals surface area contributed by atoms with Crippen LogP contribution in [0.2, 0.25) is 0 Å². The van der Waals surface area contributed by atoms with E-state index in [4.69, 9.17) is 15.5 Å². The second kappa shape index (κ2) is 11.2. The van der Waals surface area contributed by atoms with E-state index in [-0.39, 0.29) is 17.6 Å². The zero-order chi connectivity index (χ0) is 27.0. The van der Waals surface area contributed by atoms with Crippen LogP contribution in [0.15, 0.2) is 29.1 Å². The number of fused-ring (bicyclic) bond motifs is 3. The summed E-state index contributed by atoms with van der Waals surface area (Å²) in [6.45, 7) is 3.15. The lowest BCUT2D eigenvalue weighted by atomic mass is 9.88. The molecule has 1 saturated carbocycles. The lowest BCUT2D eigenvalue weighted by Gasteiger charge is -2.45. The zero-order valence-electron chi connectivity index (χ0n) is 23.5. The van der Waals surface area contributed by atoms with Crippen LogP contribution in [0, 0.1) is 0 Å². The molecule has 2 aromatic rings. The van der Waals surface area contributed by atoms with Gasteiger partial charge in [-0.3, -0.25) is 14.5 Å². The molecule has 0 radical (unpaired) electrons. The average Bonchev–Trinajstić information content (AvgIpc) is 3.17. The predicted octanol–water partition coefficient (Wildman–Crippen LogP) is 4.54. The minimum Gasteiger partial charge on any atom is -0.465 e. The van der Waals surface area contributed by atoms with Gasteiger partial charge in [-0.25, -0.2) is 4.98 Å². The topological polar surface area (TPSA) is 93.7 Å². The van der Waals surface area contributed by atoms with Crippen molar-refractivity contribution >= 4 is 22.8 Å². The number of esters is 1. The normalized spacial score (nSPS) is 28.3. The molecule has 0 unspecified atom stereocenters. The van der Waals surface area contributed by atoms with Crippen molar-refractivity contribution in [2.45, 2.75) is 120 Å². The highest BCUT2D eigenvalue weighted by molar-refractivity contribution is 5.81. The largest absolute Gasteiger partial charge is 0.465 e. The van der Waals surface area contributed by atoms with Crippen LogP contribution in [0.3, 0.4) is 0 Å². The first-order chi connectivity index (χ1) is 19.0. The lowest BCUT2D eigenvalue weighted by Crippen LogP contribution is -2.57. The van der Waals surface area contributed by atoms with E-state index in [1.807, 2.05) is 23.1 Å². The van der Waals surface area contributed by atoms with Crippen LogP contribution in [0.5, 0.6) is 0 Å². The summed E-state index contributed by atoms with van der Waals surface area (Å²) in [5.41, 5.74) is 7.22. The number of carbonyl (C=O) groups is 1. The maximum Gasteiger partial charge on any atom is 0.326 e. The van der Waals surface area contributed by atoms with E-state index >= 15 is 0 Å². The smallest absolute Gasteiger partial charge is 0.326 e. The molecule has 4 heterocycles. The number of hydrogen-bond acceptors (Lipinski definition) is 7. The number of aromatic nitrogens is 2. The Hall–Kier alpha value is -2.45. The summed E-state index contributed by atoms with van der Waals surface area (Å²) in [5, 5.41) is 0. The van der Waals surface area contributed by atoms with Gasteiger partial charge in [0.15, 0.2) is 5.82 Å². The van der Waals surface area contributed by atoms with Gasteiger partial charge in [0, 0.05) is 37.3 Å². The molecule has 39 heavy (non-hydrogen) atoms. The summed E-state index contributed by atoms with van der Waals surface area (Å²) in [6.07, 6.45) is 15.0. The van der Waals surface area contributed by atoms with Crippen LogP contribution < -0.4 is 16.2 Å². The highest BCUT2D eigenvalue weighted by atomic mass is 16.5. The molecule has 1 aromatic carbocycles. The molecule has 4 aliphatic rings. The fourth-order valence-corrected chi connectivity index (χ4v) is 8.03. The fourth-order valence-electron chi connectivity index (χ4n) is 8.03. The van der Waals surface area contributed by atoms with Gasteiger partial charge >= 0.3 is 5.97 Å². The second-order valence-electron chi connectivity index (χ2n) is 12.4. The van der Waals surface area contributed by atoms with E-state index in [0.717, 1.165) is 29.9 Å². The summed E-state index contributed by atoms with van der Waals surface area (Å²) in [4.78, 5) is 36.5. The Labute approximate surface area is 231 Å². The number of nitrogens with zero attached hydrogens (tertiary/aromatic N) is 4. The number of hydrogen-bond donors (Lipinski definition) is 1. The summed E-state index contributed by atoms with van der Waals surface area (Å²) < 4.78 is 7.31. The second-order valence-corrected chi connectivity index (χ2v) is 12.4. The number of anilines is 1. The number of rotatable bonds is 5. The van der Waals surface area contributed by atoms with Gasteiger partial charge in [0.2, 0.25) is 0 Å². The Kier molecular flexibility index (Phi) is 7.68. The van der Waals surface area contributed by atoms with Crippen molar-refractivity contribution in [1.82, 2.24) is 14.5 Å². The molecule has 6 rings (SSSR count). The van der Waals surface area contributed by atoms with Gasteiger partial charge in [0.1, 0.15) is 5.54 Å². The molecule has 0 amide bonds. The molecule has 8 nitrogen and oxygen atoms in total. The zero-order valence-corrected chi connectivity index (χ0v) is 23.5. The van der Waals surface area contributed by atoms with E-state index in [1.54, 1.807) is 6.92 Å². The molecular formula is C31H45N5O3. The van der Waals surface area contributed by atoms with Crippen molar-refractivity contribution in [1.29, 1.82) is 0 Å². The third-order valence-corrected chi connectivity index (χ3v) is 10.0. The van der Waals surface area contributed by atoms with Crippen LogP contribution in [0.25, 0.3) is 11.0 Å². The Bertz CT molecular complexity index is 1210.